The van der Waals surface area contributed by atoms with Crippen LogP contribution in [0.4, 0.5) is 0 Å². The molecule has 31 heavy (non-hydrogen) atoms. The molecule has 1 aromatic heterocycles. The Morgan fingerprint density at radius 2 is 2.06 bits per heavy atom. The van der Waals surface area contributed by atoms with Gasteiger partial charge in [-0.3, -0.25) is 14.5 Å². The molecule has 0 radical (unpaired) electrons. The van der Waals surface area contributed by atoms with Gasteiger partial charge in [0.05, 0.1) is 17.8 Å². The minimum Gasteiger partial charge on any atom is -0.353 e. The highest BCUT2D eigenvalue weighted by molar-refractivity contribution is 5.97. The summed E-state index contributed by atoms with van der Waals surface area (Å²) in [4.78, 5) is 38.4. The fourth-order valence-electron chi connectivity index (χ4n) is 3.97. The van der Waals surface area contributed by atoms with Crippen molar-refractivity contribution >= 4 is 11.8 Å². The quantitative estimate of drug-likeness (QED) is 0.673. The lowest BCUT2D eigenvalue weighted by Gasteiger charge is -2.22. The zero-order valence-electron chi connectivity index (χ0n) is 18.2. The van der Waals surface area contributed by atoms with Gasteiger partial charge in [0, 0.05) is 38.3 Å². The second-order valence-corrected chi connectivity index (χ2v) is 8.40. The number of aryl methyl sites for hydroxylation is 1. The molecule has 1 saturated carbocycles. The van der Waals surface area contributed by atoms with Crippen molar-refractivity contribution in [1.29, 1.82) is 0 Å². The highest BCUT2D eigenvalue weighted by Crippen LogP contribution is 2.38. The van der Waals surface area contributed by atoms with Gasteiger partial charge in [-0.05, 0) is 37.8 Å². The van der Waals surface area contributed by atoms with Gasteiger partial charge in [0.1, 0.15) is 5.82 Å². The number of likely N-dealkylation sites (N-methyl/N-ethyl adjacent to an activating group) is 1. The molecule has 0 saturated heterocycles. The van der Waals surface area contributed by atoms with Gasteiger partial charge in [-0.2, -0.15) is 0 Å². The summed E-state index contributed by atoms with van der Waals surface area (Å²) in [5.41, 5.74) is 2.65. The van der Waals surface area contributed by atoms with Crippen LogP contribution < -0.4 is 5.32 Å². The summed E-state index contributed by atoms with van der Waals surface area (Å²) >= 11 is 0. The largest absolute Gasteiger partial charge is 0.353 e. The molecule has 0 bridgehead atoms. The van der Waals surface area contributed by atoms with Crippen molar-refractivity contribution in [3.05, 3.63) is 59.2 Å². The minimum atomic E-state index is -0.135. The Morgan fingerprint density at radius 1 is 1.26 bits per heavy atom. The summed E-state index contributed by atoms with van der Waals surface area (Å²) in [6.45, 7) is 5.86. The number of nitrogens with zero attached hydrogens (tertiary/aromatic N) is 4. The molecule has 1 N–H and O–H groups in total. The molecule has 2 amide bonds. The molecule has 7 heteroatoms. The summed E-state index contributed by atoms with van der Waals surface area (Å²) in [6, 6.07) is 10.3. The van der Waals surface area contributed by atoms with E-state index in [0.717, 1.165) is 56.8 Å². The predicted molar refractivity (Wildman–Crippen MR) is 119 cm³/mol. The van der Waals surface area contributed by atoms with Crippen molar-refractivity contribution in [3.63, 3.8) is 0 Å². The molecule has 1 aliphatic heterocycles. The average Bonchev–Trinajstić information content (AvgIpc) is 3.64. The molecule has 1 aromatic carbocycles. The van der Waals surface area contributed by atoms with Gasteiger partial charge in [0.15, 0.2) is 0 Å². The van der Waals surface area contributed by atoms with E-state index in [0.29, 0.717) is 24.6 Å². The summed E-state index contributed by atoms with van der Waals surface area (Å²) in [6.07, 6.45) is 5.51. The number of fused-ring (bicyclic) bond motifs is 1. The van der Waals surface area contributed by atoms with Gasteiger partial charge < -0.3 is 10.2 Å². The van der Waals surface area contributed by atoms with Crippen LogP contribution in [0.25, 0.3) is 0 Å². The lowest BCUT2D eigenvalue weighted by Crippen LogP contribution is -2.43. The van der Waals surface area contributed by atoms with Crippen LogP contribution in [0.5, 0.6) is 0 Å². The zero-order chi connectivity index (χ0) is 21.6. The minimum absolute atomic E-state index is 0.0768. The number of carbonyl (C=O) groups is 2. The third-order valence-electron chi connectivity index (χ3n) is 5.97. The Hall–Kier alpha value is -2.80. The number of aromatic nitrogens is 2. The highest BCUT2D eigenvalue weighted by Gasteiger charge is 2.30. The monoisotopic (exact) mass is 421 g/mol. The topological polar surface area (TPSA) is 78.4 Å². The Labute approximate surface area is 183 Å². The molecule has 2 aromatic rings. The van der Waals surface area contributed by atoms with E-state index in [2.05, 4.69) is 39.2 Å². The van der Waals surface area contributed by atoms with Gasteiger partial charge >= 0.3 is 0 Å². The maximum absolute atomic E-state index is 13.0. The Kier molecular flexibility index (Phi) is 6.92. The fourth-order valence-corrected chi connectivity index (χ4v) is 3.97. The number of amides is 2. The van der Waals surface area contributed by atoms with E-state index in [1.807, 2.05) is 18.2 Å². The van der Waals surface area contributed by atoms with Gasteiger partial charge in [-0.25, -0.2) is 9.97 Å². The third-order valence-corrected chi connectivity index (χ3v) is 5.97. The van der Waals surface area contributed by atoms with Crippen LogP contribution in [0.15, 0.2) is 36.5 Å². The van der Waals surface area contributed by atoms with E-state index in [1.54, 1.807) is 11.1 Å². The van der Waals surface area contributed by atoms with Crippen molar-refractivity contribution in [1.82, 2.24) is 25.1 Å². The van der Waals surface area contributed by atoms with Crippen molar-refractivity contribution in [2.75, 3.05) is 32.7 Å². The number of benzene rings is 1. The first-order valence-corrected chi connectivity index (χ1v) is 11.3. The van der Waals surface area contributed by atoms with Crippen LogP contribution in [0.1, 0.15) is 59.5 Å². The molecular weight excluding hydrogens is 390 g/mol. The molecule has 2 aliphatic rings. The van der Waals surface area contributed by atoms with Crippen LogP contribution in [-0.4, -0.2) is 64.3 Å². The van der Waals surface area contributed by atoms with E-state index >= 15 is 0 Å². The number of carbonyl (C=O) groups excluding carboxylic acids is 2. The number of rotatable bonds is 9. The SMILES string of the molecule is CCN(CCNC(=O)CN1CCCc2nc(C3CC3)ncc2C1=O)Cc1ccccc1. The first-order valence-electron chi connectivity index (χ1n) is 11.3. The normalized spacial score (nSPS) is 16.2. The molecule has 7 nitrogen and oxygen atoms in total. The maximum atomic E-state index is 13.0. The summed E-state index contributed by atoms with van der Waals surface area (Å²) in [5.74, 6) is 1.08. The second kappa shape index (κ2) is 10.0. The first-order chi connectivity index (χ1) is 15.1. The molecule has 0 spiro atoms. The van der Waals surface area contributed by atoms with Crippen LogP contribution in [-0.2, 0) is 17.8 Å². The fraction of sp³-hybridized carbons (Fsp3) is 0.500. The van der Waals surface area contributed by atoms with Crippen LogP contribution >= 0.6 is 0 Å². The summed E-state index contributed by atoms with van der Waals surface area (Å²) < 4.78 is 0. The van der Waals surface area contributed by atoms with Crippen molar-refractivity contribution in [3.8, 4) is 0 Å². The lowest BCUT2D eigenvalue weighted by molar-refractivity contribution is -0.121. The lowest BCUT2D eigenvalue weighted by atomic mass is 10.1. The molecule has 4 rings (SSSR count). The Morgan fingerprint density at radius 3 is 2.81 bits per heavy atom. The van der Waals surface area contributed by atoms with E-state index in [-0.39, 0.29) is 18.4 Å². The van der Waals surface area contributed by atoms with Crippen molar-refractivity contribution in [2.45, 2.75) is 45.1 Å². The molecule has 164 valence electrons. The van der Waals surface area contributed by atoms with Crippen molar-refractivity contribution in [2.24, 2.45) is 0 Å². The van der Waals surface area contributed by atoms with E-state index < -0.39 is 0 Å². The van der Waals surface area contributed by atoms with E-state index in [9.17, 15) is 9.59 Å². The zero-order valence-corrected chi connectivity index (χ0v) is 18.2. The predicted octanol–water partition coefficient (Wildman–Crippen LogP) is 2.38. The maximum Gasteiger partial charge on any atom is 0.257 e. The number of hydrogen-bond acceptors (Lipinski definition) is 5. The van der Waals surface area contributed by atoms with Gasteiger partial charge in [-0.1, -0.05) is 37.3 Å². The van der Waals surface area contributed by atoms with Crippen molar-refractivity contribution < 1.29 is 9.59 Å². The molecule has 1 fully saturated rings. The van der Waals surface area contributed by atoms with Crippen LogP contribution in [0, 0.1) is 0 Å². The van der Waals surface area contributed by atoms with E-state index in [1.165, 1.54) is 5.56 Å². The molecule has 1 aliphatic carbocycles. The first kappa shape index (κ1) is 21.4. The second-order valence-electron chi connectivity index (χ2n) is 8.40. The summed E-state index contributed by atoms with van der Waals surface area (Å²) in [5, 5.41) is 2.97. The third kappa shape index (κ3) is 5.67. The average molecular weight is 422 g/mol. The van der Waals surface area contributed by atoms with E-state index in [4.69, 9.17) is 0 Å². The van der Waals surface area contributed by atoms with Crippen LogP contribution in [0.2, 0.25) is 0 Å². The van der Waals surface area contributed by atoms with Gasteiger partial charge in [0.2, 0.25) is 5.91 Å². The van der Waals surface area contributed by atoms with Gasteiger partial charge in [-0.15, -0.1) is 0 Å². The standard InChI is InChI=1S/C24H31N5O2/c1-2-28(16-18-7-4-3-5-8-18)14-12-25-22(30)17-29-13-6-9-21-20(24(29)31)15-26-23(27-21)19-10-11-19/h3-5,7-8,15,19H,2,6,9-14,16-17H2,1H3,(H,25,30). The van der Waals surface area contributed by atoms with Crippen LogP contribution in [0.3, 0.4) is 0 Å². The molecule has 2 heterocycles. The Bertz CT molecular complexity index is 913. The highest BCUT2D eigenvalue weighted by atomic mass is 16.2. The molecular formula is C24H31N5O2. The Balaban J connectivity index is 1.27. The number of hydrogen-bond donors (Lipinski definition) is 1. The molecule has 0 atom stereocenters. The summed E-state index contributed by atoms with van der Waals surface area (Å²) in [7, 11) is 0. The number of nitrogens with one attached hydrogen (secondary N) is 1. The smallest absolute Gasteiger partial charge is 0.257 e. The molecule has 0 unspecified atom stereocenters. The van der Waals surface area contributed by atoms with Gasteiger partial charge in [0.25, 0.3) is 5.91 Å².